The van der Waals surface area contributed by atoms with Crippen LogP contribution in [0.3, 0.4) is 0 Å². The lowest BCUT2D eigenvalue weighted by atomic mass is 10.3. The minimum Gasteiger partial charge on any atom is -0.380 e. The van der Waals surface area contributed by atoms with Gasteiger partial charge in [-0.05, 0) is 22.0 Å². The summed E-state index contributed by atoms with van der Waals surface area (Å²) in [6.07, 6.45) is 0. The second-order valence-corrected chi connectivity index (χ2v) is 4.60. The Morgan fingerprint density at radius 2 is 2.45 bits per heavy atom. The maximum absolute atomic E-state index is 5.48. The van der Waals surface area contributed by atoms with Gasteiger partial charge >= 0.3 is 0 Å². The van der Waals surface area contributed by atoms with E-state index in [1.54, 1.807) is 18.4 Å². The fourth-order valence-electron chi connectivity index (χ4n) is 0.816. The summed E-state index contributed by atoms with van der Waals surface area (Å²) in [6.45, 7) is 1.25. The molecule has 0 amide bonds. The summed E-state index contributed by atoms with van der Waals surface area (Å²) < 4.78 is 6.13. The summed E-state index contributed by atoms with van der Waals surface area (Å²) in [5, 5.41) is 0. The van der Waals surface area contributed by atoms with Gasteiger partial charge in [0.25, 0.3) is 0 Å². The van der Waals surface area contributed by atoms with E-state index < -0.39 is 0 Å². The minimum atomic E-state index is 0.604. The van der Waals surface area contributed by atoms with Crippen LogP contribution in [0.4, 0.5) is 0 Å². The first kappa shape index (κ1) is 9.19. The van der Waals surface area contributed by atoms with Crippen LogP contribution in [-0.2, 0) is 17.9 Å². The normalized spacial score (nSPS) is 10.5. The monoisotopic (exact) mass is 235 g/mol. The van der Waals surface area contributed by atoms with Crippen molar-refractivity contribution in [3.8, 4) is 0 Å². The topological polar surface area (TPSA) is 35.2 Å². The molecule has 2 nitrogen and oxygen atoms in total. The molecule has 0 spiro atoms. The largest absolute Gasteiger partial charge is 0.380 e. The van der Waals surface area contributed by atoms with E-state index in [0.717, 1.165) is 3.79 Å². The SMILES string of the molecule is COCc1cc(CN)sc1Br. The molecule has 0 aliphatic rings. The molecular weight excluding hydrogens is 226 g/mol. The first-order valence-corrected chi connectivity index (χ1v) is 4.85. The van der Waals surface area contributed by atoms with Gasteiger partial charge in [-0.1, -0.05) is 0 Å². The van der Waals surface area contributed by atoms with Crippen LogP contribution >= 0.6 is 27.3 Å². The highest BCUT2D eigenvalue weighted by atomic mass is 79.9. The van der Waals surface area contributed by atoms with Gasteiger partial charge in [0.2, 0.25) is 0 Å². The van der Waals surface area contributed by atoms with Gasteiger partial charge in [0.1, 0.15) is 0 Å². The number of thiophene rings is 1. The third kappa shape index (κ3) is 2.27. The third-order valence-electron chi connectivity index (χ3n) is 1.31. The Kier molecular flexibility index (Phi) is 3.51. The smallest absolute Gasteiger partial charge is 0.0757 e. The molecule has 0 bridgehead atoms. The Morgan fingerprint density at radius 1 is 1.73 bits per heavy atom. The summed E-state index contributed by atoms with van der Waals surface area (Å²) in [5.41, 5.74) is 6.66. The van der Waals surface area contributed by atoms with E-state index in [4.69, 9.17) is 10.5 Å². The van der Waals surface area contributed by atoms with Crippen molar-refractivity contribution in [1.82, 2.24) is 0 Å². The molecule has 0 unspecified atom stereocenters. The number of rotatable bonds is 3. The summed E-state index contributed by atoms with van der Waals surface area (Å²) in [4.78, 5) is 1.18. The van der Waals surface area contributed by atoms with Crippen LogP contribution in [0.5, 0.6) is 0 Å². The minimum absolute atomic E-state index is 0.604. The van der Waals surface area contributed by atoms with E-state index in [1.165, 1.54) is 10.4 Å². The molecule has 11 heavy (non-hydrogen) atoms. The molecule has 0 saturated heterocycles. The highest BCUT2D eigenvalue weighted by Crippen LogP contribution is 2.28. The van der Waals surface area contributed by atoms with Gasteiger partial charge in [-0.3, -0.25) is 0 Å². The lowest BCUT2D eigenvalue weighted by molar-refractivity contribution is 0.184. The summed E-state index contributed by atoms with van der Waals surface area (Å²) >= 11 is 5.11. The van der Waals surface area contributed by atoms with Crippen molar-refractivity contribution in [2.75, 3.05) is 7.11 Å². The zero-order chi connectivity index (χ0) is 8.27. The molecule has 4 heteroatoms. The van der Waals surface area contributed by atoms with Crippen LogP contribution < -0.4 is 5.73 Å². The number of nitrogens with two attached hydrogens (primary N) is 1. The van der Waals surface area contributed by atoms with Crippen LogP contribution in [0.1, 0.15) is 10.4 Å². The Labute approximate surface area is 78.5 Å². The zero-order valence-corrected chi connectivity index (χ0v) is 8.67. The predicted octanol–water partition coefficient (Wildman–Crippen LogP) is 2.12. The molecule has 0 saturated carbocycles. The van der Waals surface area contributed by atoms with E-state index >= 15 is 0 Å². The number of ether oxygens (including phenoxy) is 1. The van der Waals surface area contributed by atoms with Crippen LogP contribution in [0, 0.1) is 0 Å². The number of hydrogen-bond acceptors (Lipinski definition) is 3. The van der Waals surface area contributed by atoms with Crippen LogP contribution in [0.15, 0.2) is 9.85 Å². The van der Waals surface area contributed by atoms with Gasteiger partial charge in [-0.2, -0.15) is 0 Å². The van der Waals surface area contributed by atoms with E-state index in [1.807, 2.05) is 0 Å². The molecule has 62 valence electrons. The van der Waals surface area contributed by atoms with Crippen molar-refractivity contribution >= 4 is 27.3 Å². The molecule has 1 heterocycles. The van der Waals surface area contributed by atoms with Crippen molar-refractivity contribution in [2.45, 2.75) is 13.2 Å². The van der Waals surface area contributed by atoms with Crippen molar-refractivity contribution in [1.29, 1.82) is 0 Å². The van der Waals surface area contributed by atoms with Crippen LogP contribution in [0.25, 0.3) is 0 Å². The average Bonchev–Trinajstić information content (AvgIpc) is 2.33. The maximum atomic E-state index is 5.48. The highest BCUT2D eigenvalue weighted by molar-refractivity contribution is 9.11. The second kappa shape index (κ2) is 4.21. The predicted molar refractivity (Wildman–Crippen MR) is 50.6 cm³/mol. The number of hydrogen-bond donors (Lipinski definition) is 1. The van der Waals surface area contributed by atoms with Gasteiger partial charge in [-0.15, -0.1) is 11.3 Å². The molecule has 1 aromatic rings. The summed E-state index contributed by atoms with van der Waals surface area (Å²) in [7, 11) is 1.69. The number of methoxy groups -OCH3 is 1. The zero-order valence-electron chi connectivity index (χ0n) is 6.26. The van der Waals surface area contributed by atoms with Gasteiger partial charge in [0.15, 0.2) is 0 Å². The first-order chi connectivity index (χ1) is 5.27. The molecule has 0 radical (unpaired) electrons. The molecule has 0 aliphatic heterocycles. The lowest BCUT2D eigenvalue weighted by Crippen LogP contribution is -1.92. The molecule has 1 rings (SSSR count). The Morgan fingerprint density at radius 3 is 2.91 bits per heavy atom. The molecule has 0 aliphatic carbocycles. The molecule has 0 fully saturated rings. The van der Waals surface area contributed by atoms with Crippen molar-refractivity contribution in [2.24, 2.45) is 5.73 Å². The Bertz CT molecular complexity index is 236. The summed E-state index contributed by atoms with van der Waals surface area (Å²) in [6, 6.07) is 2.07. The van der Waals surface area contributed by atoms with Gasteiger partial charge < -0.3 is 10.5 Å². The fourth-order valence-corrected chi connectivity index (χ4v) is 2.43. The van der Waals surface area contributed by atoms with Crippen molar-refractivity contribution in [3.63, 3.8) is 0 Å². The number of halogens is 1. The quantitative estimate of drug-likeness (QED) is 0.872. The highest BCUT2D eigenvalue weighted by Gasteiger charge is 2.04. The Balaban J connectivity index is 2.79. The average molecular weight is 236 g/mol. The van der Waals surface area contributed by atoms with E-state index in [-0.39, 0.29) is 0 Å². The van der Waals surface area contributed by atoms with Crippen LogP contribution in [-0.4, -0.2) is 7.11 Å². The van der Waals surface area contributed by atoms with Crippen LogP contribution in [0.2, 0.25) is 0 Å². The molecule has 0 aromatic carbocycles. The Hall–Kier alpha value is 0.100. The first-order valence-electron chi connectivity index (χ1n) is 3.24. The van der Waals surface area contributed by atoms with E-state index in [2.05, 4.69) is 22.0 Å². The fraction of sp³-hybridized carbons (Fsp3) is 0.429. The van der Waals surface area contributed by atoms with Gasteiger partial charge in [-0.25, -0.2) is 0 Å². The molecule has 1 aromatic heterocycles. The maximum Gasteiger partial charge on any atom is 0.0757 e. The van der Waals surface area contributed by atoms with Crippen molar-refractivity contribution < 1.29 is 4.74 Å². The van der Waals surface area contributed by atoms with E-state index in [9.17, 15) is 0 Å². The van der Waals surface area contributed by atoms with Crippen molar-refractivity contribution in [3.05, 3.63) is 20.3 Å². The standard InChI is InChI=1S/C7H10BrNOS/c1-10-4-5-2-6(3-9)11-7(5)8/h2H,3-4,9H2,1H3. The van der Waals surface area contributed by atoms with Gasteiger partial charge in [0, 0.05) is 24.1 Å². The molecule has 0 atom stereocenters. The van der Waals surface area contributed by atoms with Gasteiger partial charge in [0.05, 0.1) is 10.4 Å². The molecular formula is C7H10BrNOS. The third-order valence-corrected chi connectivity index (χ3v) is 3.29. The van der Waals surface area contributed by atoms with E-state index in [0.29, 0.717) is 13.2 Å². The second-order valence-electron chi connectivity index (χ2n) is 2.15. The lowest BCUT2D eigenvalue weighted by Gasteiger charge is -1.93. The molecule has 2 N–H and O–H groups in total. The summed E-state index contributed by atoms with van der Waals surface area (Å²) in [5.74, 6) is 0.